The van der Waals surface area contributed by atoms with Gasteiger partial charge in [-0.2, -0.15) is 5.10 Å². The topological polar surface area (TPSA) is 63.5 Å². The van der Waals surface area contributed by atoms with Crippen LogP contribution in [0.15, 0.2) is 48.7 Å². The van der Waals surface area contributed by atoms with Crippen LogP contribution in [0.5, 0.6) is 5.88 Å². The van der Waals surface area contributed by atoms with Gasteiger partial charge in [-0.3, -0.25) is 4.79 Å². The number of likely N-dealkylation sites (N-methyl/N-ethyl adjacent to an activating group) is 1. The molecule has 1 aliphatic rings. The van der Waals surface area contributed by atoms with Crippen LogP contribution in [0.3, 0.4) is 0 Å². The number of amides is 1. The van der Waals surface area contributed by atoms with E-state index >= 15 is 0 Å². The number of pyridine rings is 1. The maximum Gasteiger partial charge on any atom is 0.274 e. The second-order valence-electron chi connectivity index (χ2n) is 7.12. The van der Waals surface area contributed by atoms with Crippen molar-refractivity contribution in [1.82, 2.24) is 24.6 Å². The molecule has 164 valence electrons. The van der Waals surface area contributed by atoms with Gasteiger partial charge in [0.15, 0.2) is 5.69 Å². The van der Waals surface area contributed by atoms with Gasteiger partial charge in [-0.1, -0.05) is 6.92 Å². The Morgan fingerprint density at radius 1 is 1.10 bits per heavy atom. The number of ether oxygens (including phenoxy) is 1. The maximum absolute atomic E-state index is 13.4. The normalized spacial score (nSPS) is 14.2. The number of hydrogen-bond acceptors (Lipinski definition) is 5. The van der Waals surface area contributed by atoms with Gasteiger partial charge in [-0.25, -0.2) is 14.1 Å². The molecule has 0 radical (unpaired) electrons. The molecule has 1 aliphatic heterocycles. The van der Waals surface area contributed by atoms with Crippen LogP contribution in [-0.2, 0) is 0 Å². The summed E-state index contributed by atoms with van der Waals surface area (Å²) in [6.45, 7) is 6.17. The van der Waals surface area contributed by atoms with E-state index in [0.29, 0.717) is 36.0 Å². The Labute approximate surface area is 186 Å². The predicted octanol–water partition coefficient (Wildman–Crippen LogP) is 3.28. The number of aromatic nitrogens is 3. The lowest BCUT2D eigenvalue weighted by molar-refractivity contribution is 0.0637. The van der Waals surface area contributed by atoms with Gasteiger partial charge in [-0.15, -0.1) is 12.4 Å². The molecule has 1 amide bonds. The number of halogens is 2. The third kappa shape index (κ3) is 4.86. The lowest BCUT2D eigenvalue weighted by atomic mass is 10.1. The molecule has 1 saturated heterocycles. The highest BCUT2D eigenvalue weighted by Crippen LogP contribution is 2.25. The second-order valence-corrected chi connectivity index (χ2v) is 7.12. The molecule has 0 atom stereocenters. The number of methoxy groups -OCH3 is 1. The van der Waals surface area contributed by atoms with E-state index in [1.54, 1.807) is 42.3 Å². The largest absolute Gasteiger partial charge is 0.481 e. The van der Waals surface area contributed by atoms with Crippen molar-refractivity contribution in [3.05, 3.63) is 60.2 Å². The van der Waals surface area contributed by atoms with E-state index in [4.69, 9.17) is 4.74 Å². The molecule has 0 spiro atoms. The van der Waals surface area contributed by atoms with Gasteiger partial charge in [0.1, 0.15) is 5.82 Å². The van der Waals surface area contributed by atoms with Gasteiger partial charge in [0.05, 0.1) is 24.7 Å². The highest BCUT2D eigenvalue weighted by Gasteiger charge is 2.25. The average molecular weight is 446 g/mol. The number of rotatable bonds is 5. The average Bonchev–Trinajstić information content (AvgIpc) is 3.24. The van der Waals surface area contributed by atoms with Crippen molar-refractivity contribution in [3.63, 3.8) is 0 Å². The fraction of sp³-hybridized carbons (Fsp3) is 0.318. The van der Waals surface area contributed by atoms with Gasteiger partial charge < -0.3 is 14.5 Å². The van der Waals surface area contributed by atoms with E-state index in [9.17, 15) is 9.18 Å². The summed E-state index contributed by atoms with van der Waals surface area (Å²) < 4.78 is 20.2. The van der Waals surface area contributed by atoms with Crippen LogP contribution in [0.1, 0.15) is 17.4 Å². The first-order chi connectivity index (χ1) is 14.6. The smallest absolute Gasteiger partial charge is 0.274 e. The molecular weight excluding hydrogens is 421 g/mol. The second kappa shape index (κ2) is 9.89. The highest BCUT2D eigenvalue weighted by molar-refractivity contribution is 5.93. The van der Waals surface area contributed by atoms with Crippen molar-refractivity contribution in [2.24, 2.45) is 0 Å². The molecule has 0 saturated carbocycles. The van der Waals surface area contributed by atoms with Crippen molar-refractivity contribution < 1.29 is 13.9 Å². The Bertz CT molecular complexity index is 1020. The summed E-state index contributed by atoms with van der Waals surface area (Å²) >= 11 is 0. The maximum atomic E-state index is 13.4. The van der Waals surface area contributed by atoms with Crippen LogP contribution in [-0.4, -0.2) is 70.3 Å². The molecule has 31 heavy (non-hydrogen) atoms. The van der Waals surface area contributed by atoms with E-state index in [2.05, 4.69) is 21.9 Å². The molecule has 2 aromatic heterocycles. The number of hydrogen-bond donors (Lipinski definition) is 0. The van der Waals surface area contributed by atoms with Crippen molar-refractivity contribution >= 4 is 18.3 Å². The zero-order valence-electron chi connectivity index (χ0n) is 17.5. The van der Waals surface area contributed by atoms with E-state index in [0.717, 1.165) is 25.2 Å². The van der Waals surface area contributed by atoms with Crippen molar-refractivity contribution in [3.8, 4) is 22.8 Å². The van der Waals surface area contributed by atoms with Crippen LogP contribution >= 0.6 is 12.4 Å². The summed E-state index contributed by atoms with van der Waals surface area (Å²) in [6, 6.07) is 11.4. The standard InChI is InChI=1S/C22H24FN5O2.ClH/c1-3-26-10-12-27(13-11-26)22(29)19-14-20(16-4-6-17(23)7-5-16)28(25-19)18-8-9-21(30-2)24-15-18;/h4-9,14-15H,3,10-13H2,1-2H3;1H. The monoisotopic (exact) mass is 445 g/mol. The van der Waals surface area contributed by atoms with Gasteiger partial charge >= 0.3 is 0 Å². The summed E-state index contributed by atoms with van der Waals surface area (Å²) in [5.74, 6) is 0.0645. The number of benzene rings is 1. The number of carbonyl (C=O) groups is 1. The van der Waals surface area contributed by atoms with E-state index in [-0.39, 0.29) is 24.1 Å². The lowest BCUT2D eigenvalue weighted by Gasteiger charge is -2.33. The number of carbonyl (C=O) groups excluding carboxylic acids is 1. The molecule has 7 nitrogen and oxygen atoms in total. The SMILES string of the molecule is CCN1CCN(C(=O)c2cc(-c3ccc(F)cc3)n(-c3ccc(OC)nc3)n2)CC1.Cl. The molecular formula is C22H25ClFN5O2. The molecule has 3 aromatic rings. The molecule has 0 unspecified atom stereocenters. The predicted molar refractivity (Wildman–Crippen MR) is 119 cm³/mol. The zero-order valence-corrected chi connectivity index (χ0v) is 18.3. The number of nitrogens with zero attached hydrogens (tertiary/aromatic N) is 5. The minimum atomic E-state index is -0.318. The van der Waals surface area contributed by atoms with E-state index < -0.39 is 0 Å². The van der Waals surface area contributed by atoms with E-state index in [1.807, 2.05) is 11.0 Å². The Morgan fingerprint density at radius 2 is 1.81 bits per heavy atom. The van der Waals surface area contributed by atoms with Gasteiger partial charge in [0.25, 0.3) is 5.91 Å². The van der Waals surface area contributed by atoms with Crippen LogP contribution < -0.4 is 4.74 Å². The van der Waals surface area contributed by atoms with Gasteiger partial charge in [0, 0.05) is 37.8 Å². The Balaban J connectivity index is 0.00000272. The summed E-state index contributed by atoms with van der Waals surface area (Å²) in [4.78, 5) is 21.5. The van der Waals surface area contributed by atoms with Gasteiger partial charge in [0.2, 0.25) is 5.88 Å². The minimum absolute atomic E-state index is 0. The fourth-order valence-corrected chi connectivity index (χ4v) is 3.56. The van der Waals surface area contributed by atoms with Crippen molar-refractivity contribution in [2.45, 2.75) is 6.92 Å². The van der Waals surface area contributed by atoms with Crippen LogP contribution in [0.2, 0.25) is 0 Å². The van der Waals surface area contributed by atoms with Crippen molar-refractivity contribution in [2.75, 3.05) is 39.8 Å². The van der Waals surface area contributed by atoms with Crippen molar-refractivity contribution in [1.29, 1.82) is 0 Å². The van der Waals surface area contributed by atoms with Crippen LogP contribution in [0, 0.1) is 5.82 Å². The highest BCUT2D eigenvalue weighted by atomic mass is 35.5. The van der Waals surface area contributed by atoms with E-state index in [1.165, 1.54) is 12.1 Å². The molecule has 0 N–H and O–H groups in total. The van der Waals surface area contributed by atoms with Crippen LogP contribution in [0.4, 0.5) is 4.39 Å². The molecule has 1 aromatic carbocycles. The molecule has 9 heteroatoms. The first kappa shape index (κ1) is 22.7. The Hall–Kier alpha value is -2.97. The molecule has 3 heterocycles. The quantitative estimate of drug-likeness (QED) is 0.603. The third-order valence-corrected chi connectivity index (χ3v) is 5.35. The summed E-state index contributed by atoms with van der Waals surface area (Å²) in [7, 11) is 1.55. The first-order valence-corrected chi connectivity index (χ1v) is 9.97. The lowest BCUT2D eigenvalue weighted by Crippen LogP contribution is -2.48. The molecule has 0 aliphatic carbocycles. The fourth-order valence-electron chi connectivity index (χ4n) is 3.56. The summed E-state index contributed by atoms with van der Waals surface area (Å²) in [6.07, 6.45) is 1.63. The summed E-state index contributed by atoms with van der Waals surface area (Å²) in [5, 5.41) is 4.59. The minimum Gasteiger partial charge on any atom is -0.481 e. The third-order valence-electron chi connectivity index (χ3n) is 5.35. The molecule has 0 bridgehead atoms. The van der Waals surface area contributed by atoms with Crippen LogP contribution in [0.25, 0.3) is 16.9 Å². The molecule has 1 fully saturated rings. The van der Waals surface area contributed by atoms with Gasteiger partial charge in [-0.05, 0) is 42.9 Å². The number of piperazine rings is 1. The Kier molecular flexibility index (Phi) is 7.25. The first-order valence-electron chi connectivity index (χ1n) is 9.97. The zero-order chi connectivity index (χ0) is 21.1. The summed E-state index contributed by atoms with van der Waals surface area (Å²) in [5.41, 5.74) is 2.49. The Morgan fingerprint density at radius 3 is 2.39 bits per heavy atom. The molecule has 4 rings (SSSR count).